The van der Waals surface area contributed by atoms with Gasteiger partial charge in [0, 0.05) is 11.6 Å². The van der Waals surface area contributed by atoms with Crippen molar-refractivity contribution >= 4 is 17.5 Å². The van der Waals surface area contributed by atoms with E-state index in [0.29, 0.717) is 17.4 Å². The lowest BCUT2D eigenvalue weighted by Crippen LogP contribution is -2.19. The molecule has 1 aromatic heterocycles. The molecule has 24 heavy (non-hydrogen) atoms. The van der Waals surface area contributed by atoms with E-state index in [1.165, 1.54) is 38.5 Å². The van der Waals surface area contributed by atoms with Crippen molar-refractivity contribution < 1.29 is 4.79 Å². The van der Waals surface area contributed by atoms with Gasteiger partial charge in [0.1, 0.15) is 5.82 Å². The van der Waals surface area contributed by atoms with E-state index in [1.54, 1.807) is 12.1 Å². The Morgan fingerprint density at radius 3 is 2.38 bits per heavy atom. The van der Waals surface area contributed by atoms with E-state index in [4.69, 9.17) is 0 Å². The SMILES string of the molecule is Cc1cccc(C(=O)Nc2ccc(NC3CCCCCC3)nn2)c1. The van der Waals surface area contributed by atoms with E-state index in [2.05, 4.69) is 20.8 Å². The molecule has 3 rings (SSSR count). The second-order valence-electron chi connectivity index (χ2n) is 6.46. The summed E-state index contributed by atoms with van der Waals surface area (Å²) >= 11 is 0. The minimum atomic E-state index is -0.169. The van der Waals surface area contributed by atoms with Crippen LogP contribution in [0.25, 0.3) is 0 Å². The monoisotopic (exact) mass is 324 g/mol. The number of benzene rings is 1. The molecular formula is C19H24N4O. The molecule has 126 valence electrons. The predicted molar refractivity (Wildman–Crippen MR) is 96.3 cm³/mol. The van der Waals surface area contributed by atoms with Crippen molar-refractivity contribution in [2.75, 3.05) is 10.6 Å². The Hall–Kier alpha value is -2.43. The second kappa shape index (κ2) is 7.90. The largest absolute Gasteiger partial charge is 0.366 e. The summed E-state index contributed by atoms with van der Waals surface area (Å²) in [6.45, 7) is 1.96. The maximum atomic E-state index is 12.2. The number of hydrogen-bond donors (Lipinski definition) is 2. The predicted octanol–water partition coefficient (Wildman–Crippen LogP) is 4.17. The first-order chi connectivity index (χ1) is 11.7. The minimum Gasteiger partial charge on any atom is -0.366 e. The average molecular weight is 324 g/mol. The lowest BCUT2D eigenvalue weighted by atomic mass is 10.1. The number of rotatable bonds is 4. The zero-order valence-electron chi connectivity index (χ0n) is 14.1. The van der Waals surface area contributed by atoms with Gasteiger partial charge in [-0.15, -0.1) is 10.2 Å². The van der Waals surface area contributed by atoms with Crippen LogP contribution in [-0.2, 0) is 0 Å². The molecule has 0 bridgehead atoms. The quantitative estimate of drug-likeness (QED) is 0.828. The van der Waals surface area contributed by atoms with Crippen molar-refractivity contribution in [3.8, 4) is 0 Å². The van der Waals surface area contributed by atoms with Crippen LogP contribution in [0, 0.1) is 6.92 Å². The summed E-state index contributed by atoms with van der Waals surface area (Å²) in [6.07, 6.45) is 7.58. The molecule has 1 amide bonds. The summed E-state index contributed by atoms with van der Waals surface area (Å²) in [6, 6.07) is 11.6. The molecular weight excluding hydrogens is 300 g/mol. The van der Waals surface area contributed by atoms with Crippen molar-refractivity contribution in [2.45, 2.75) is 51.5 Å². The molecule has 2 N–H and O–H groups in total. The summed E-state index contributed by atoms with van der Waals surface area (Å²) in [7, 11) is 0. The zero-order chi connectivity index (χ0) is 16.8. The number of nitrogens with zero attached hydrogens (tertiary/aromatic N) is 2. The molecule has 2 aromatic rings. The fraction of sp³-hybridized carbons (Fsp3) is 0.421. The van der Waals surface area contributed by atoms with Crippen LogP contribution in [0.3, 0.4) is 0 Å². The van der Waals surface area contributed by atoms with Crippen LogP contribution in [0.2, 0.25) is 0 Å². The fourth-order valence-electron chi connectivity index (χ4n) is 3.08. The maximum absolute atomic E-state index is 12.2. The summed E-state index contributed by atoms with van der Waals surface area (Å²) in [4.78, 5) is 12.2. The van der Waals surface area contributed by atoms with Crippen molar-refractivity contribution in [3.63, 3.8) is 0 Å². The van der Waals surface area contributed by atoms with Crippen LogP contribution in [0.4, 0.5) is 11.6 Å². The minimum absolute atomic E-state index is 0.169. The topological polar surface area (TPSA) is 66.9 Å². The number of amides is 1. The Kier molecular flexibility index (Phi) is 5.41. The number of anilines is 2. The van der Waals surface area contributed by atoms with E-state index >= 15 is 0 Å². The Balaban J connectivity index is 1.58. The molecule has 0 spiro atoms. The smallest absolute Gasteiger partial charge is 0.256 e. The van der Waals surface area contributed by atoms with Crippen LogP contribution in [0.15, 0.2) is 36.4 Å². The van der Waals surface area contributed by atoms with Gasteiger partial charge in [-0.05, 0) is 44.0 Å². The number of aromatic nitrogens is 2. The van der Waals surface area contributed by atoms with Gasteiger partial charge in [-0.2, -0.15) is 0 Å². The van der Waals surface area contributed by atoms with Gasteiger partial charge in [0.2, 0.25) is 0 Å². The molecule has 0 aliphatic heterocycles. The first-order valence-electron chi connectivity index (χ1n) is 8.69. The highest BCUT2D eigenvalue weighted by Gasteiger charge is 2.13. The highest BCUT2D eigenvalue weighted by atomic mass is 16.1. The lowest BCUT2D eigenvalue weighted by molar-refractivity contribution is 0.102. The van der Waals surface area contributed by atoms with E-state index in [0.717, 1.165) is 11.4 Å². The van der Waals surface area contributed by atoms with Gasteiger partial charge in [0.15, 0.2) is 5.82 Å². The van der Waals surface area contributed by atoms with Crippen LogP contribution in [0.1, 0.15) is 54.4 Å². The maximum Gasteiger partial charge on any atom is 0.256 e. The molecule has 0 atom stereocenters. The summed E-state index contributed by atoms with van der Waals surface area (Å²) in [5, 5.41) is 14.5. The van der Waals surface area contributed by atoms with Gasteiger partial charge in [-0.25, -0.2) is 0 Å². The van der Waals surface area contributed by atoms with Gasteiger partial charge in [-0.3, -0.25) is 4.79 Å². The standard InChI is InChI=1S/C19H24N4O/c1-14-7-6-8-15(13-14)19(24)21-18-12-11-17(22-23-18)20-16-9-4-2-3-5-10-16/h6-8,11-13,16H,2-5,9-10H2,1H3,(H,20,22)(H,21,23,24). The third kappa shape index (κ3) is 4.54. The molecule has 5 heteroatoms. The number of carbonyl (C=O) groups excluding carboxylic acids is 1. The third-order valence-corrected chi connectivity index (χ3v) is 4.39. The van der Waals surface area contributed by atoms with E-state index in [9.17, 15) is 4.79 Å². The molecule has 0 radical (unpaired) electrons. The van der Waals surface area contributed by atoms with Crippen molar-refractivity contribution in [1.29, 1.82) is 0 Å². The van der Waals surface area contributed by atoms with Crippen LogP contribution in [0.5, 0.6) is 0 Å². The highest BCUT2D eigenvalue weighted by molar-refractivity contribution is 6.03. The molecule has 5 nitrogen and oxygen atoms in total. The molecule has 0 unspecified atom stereocenters. The summed E-state index contributed by atoms with van der Waals surface area (Å²) in [5.41, 5.74) is 1.68. The third-order valence-electron chi connectivity index (χ3n) is 4.39. The molecule has 1 aliphatic carbocycles. The van der Waals surface area contributed by atoms with Crippen molar-refractivity contribution in [1.82, 2.24) is 10.2 Å². The Labute approximate surface area is 142 Å². The van der Waals surface area contributed by atoms with Crippen LogP contribution in [-0.4, -0.2) is 22.1 Å². The Morgan fingerprint density at radius 2 is 1.71 bits per heavy atom. The number of nitrogens with one attached hydrogen (secondary N) is 2. The summed E-state index contributed by atoms with van der Waals surface area (Å²) in [5.74, 6) is 1.07. The number of hydrogen-bond acceptors (Lipinski definition) is 4. The first kappa shape index (κ1) is 16.4. The molecule has 1 saturated carbocycles. The number of carbonyl (C=O) groups is 1. The van der Waals surface area contributed by atoms with Crippen molar-refractivity contribution in [2.24, 2.45) is 0 Å². The van der Waals surface area contributed by atoms with E-state index in [1.807, 2.05) is 31.2 Å². The van der Waals surface area contributed by atoms with Crippen molar-refractivity contribution in [3.05, 3.63) is 47.5 Å². The molecule has 1 aliphatic rings. The molecule has 1 fully saturated rings. The Morgan fingerprint density at radius 1 is 1.00 bits per heavy atom. The normalized spacial score (nSPS) is 15.5. The molecule has 0 saturated heterocycles. The Bertz CT molecular complexity index is 676. The van der Waals surface area contributed by atoms with Crippen LogP contribution < -0.4 is 10.6 Å². The van der Waals surface area contributed by atoms with Gasteiger partial charge in [-0.1, -0.05) is 43.4 Å². The van der Waals surface area contributed by atoms with Crippen LogP contribution >= 0.6 is 0 Å². The highest BCUT2D eigenvalue weighted by Crippen LogP contribution is 2.20. The second-order valence-corrected chi connectivity index (χ2v) is 6.46. The lowest BCUT2D eigenvalue weighted by Gasteiger charge is -2.16. The zero-order valence-corrected chi connectivity index (χ0v) is 14.1. The van der Waals surface area contributed by atoms with Gasteiger partial charge in [0.05, 0.1) is 0 Å². The summed E-state index contributed by atoms with van der Waals surface area (Å²) < 4.78 is 0. The molecule has 1 aromatic carbocycles. The van der Waals surface area contributed by atoms with Gasteiger partial charge in [0.25, 0.3) is 5.91 Å². The fourth-order valence-corrected chi connectivity index (χ4v) is 3.08. The average Bonchev–Trinajstić information content (AvgIpc) is 2.85. The first-order valence-corrected chi connectivity index (χ1v) is 8.69. The molecule has 1 heterocycles. The van der Waals surface area contributed by atoms with Gasteiger partial charge < -0.3 is 10.6 Å². The van der Waals surface area contributed by atoms with E-state index in [-0.39, 0.29) is 5.91 Å². The van der Waals surface area contributed by atoms with E-state index < -0.39 is 0 Å². The number of aryl methyl sites for hydroxylation is 1. The van der Waals surface area contributed by atoms with Gasteiger partial charge >= 0.3 is 0 Å².